The summed E-state index contributed by atoms with van der Waals surface area (Å²) in [4.78, 5) is 22.2. The number of benzene rings is 2. The van der Waals surface area contributed by atoms with E-state index in [1.807, 2.05) is 0 Å². The Morgan fingerprint density at radius 3 is 2.38 bits per heavy atom. The van der Waals surface area contributed by atoms with Crippen LogP contribution >= 0.6 is 0 Å². The molecule has 0 aliphatic carbocycles. The van der Waals surface area contributed by atoms with Crippen LogP contribution in [0.2, 0.25) is 0 Å². The van der Waals surface area contributed by atoms with Gasteiger partial charge in [-0.3, -0.25) is 10.1 Å². The molecule has 10 nitrogen and oxygen atoms in total. The third kappa shape index (κ3) is 5.40. The minimum atomic E-state index is -3.81. The Labute approximate surface area is 165 Å². The van der Waals surface area contributed by atoms with Crippen molar-refractivity contribution >= 4 is 33.1 Å². The number of hydrogen-bond acceptors (Lipinski definition) is 6. The van der Waals surface area contributed by atoms with Gasteiger partial charge in [0.25, 0.3) is 5.69 Å². The molecule has 0 aliphatic heterocycles. The second kappa shape index (κ2) is 8.54. The molecule has 3 rings (SSSR count). The van der Waals surface area contributed by atoms with Crippen molar-refractivity contribution in [2.75, 3.05) is 10.6 Å². The van der Waals surface area contributed by atoms with Gasteiger partial charge in [0.05, 0.1) is 22.6 Å². The summed E-state index contributed by atoms with van der Waals surface area (Å²) in [5.74, 6) is 0.463. The highest BCUT2D eigenvalue weighted by molar-refractivity contribution is 7.89. The lowest BCUT2D eigenvalue weighted by molar-refractivity contribution is -0.384. The van der Waals surface area contributed by atoms with Gasteiger partial charge in [-0.05, 0) is 42.5 Å². The predicted octanol–water partition coefficient (Wildman–Crippen LogP) is 3.31. The highest BCUT2D eigenvalue weighted by Crippen LogP contribution is 2.18. The number of anilines is 2. The molecule has 2 amide bonds. The van der Waals surface area contributed by atoms with Crippen LogP contribution in [-0.4, -0.2) is 19.4 Å². The molecule has 0 unspecified atom stereocenters. The quantitative estimate of drug-likeness (QED) is 0.398. The lowest BCUT2D eigenvalue weighted by Gasteiger charge is -2.10. The Morgan fingerprint density at radius 2 is 1.72 bits per heavy atom. The molecule has 0 saturated carbocycles. The molecule has 11 heteroatoms. The smallest absolute Gasteiger partial charge is 0.323 e. The van der Waals surface area contributed by atoms with Gasteiger partial charge in [-0.15, -0.1) is 0 Å². The average molecular weight is 416 g/mol. The fourth-order valence-corrected chi connectivity index (χ4v) is 3.40. The Hall–Kier alpha value is -3.70. The average Bonchev–Trinajstić information content (AvgIpc) is 3.21. The largest absolute Gasteiger partial charge is 0.468 e. The summed E-state index contributed by atoms with van der Waals surface area (Å²) in [5, 5.41) is 15.7. The maximum Gasteiger partial charge on any atom is 0.323 e. The standard InChI is InChI=1S/C18H16N4O6S/c23-18(20-13-6-8-15(9-7-13)22(24)25)21-14-3-1-5-17(11-14)29(26,27)19-12-16-4-2-10-28-16/h1-11,19H,12H2,(H2,20,21,23). The van der Waals surface area contributed by atoms with Crippen LogP contribution in [0.25, 0.3) is 0 Å². The molecule has 1 aromatic heterocycles. The van der Waals surface area contributed by atoms with Crippen LogP contribution in [0.15, 0.2) is 76.2 Å². The van der Waals surface area contributed by atoms with E-state index in [1.54, 1.807) is 12.1 Å². The van der Waals surface area contributed by atoms with Gasteiger partial charge in [0.15, 0.2) is 0 Å². The molecule has 0 radical (unpaired) electrons. The first-order valence-electron chi connectivity index (χ1n) is 8.28. The number of carbonyl (C=O) groups excluding carboxylic acids is 1. The third-order valence-corrected chi connectivity index (χ3v) is 5.15. The third-order valence-electron chi connectivity index (χ3n) is 3.75. The number of sulfonamides is 1. The van der Waals surface area contributed by atoms with Gasteiger partial charge < -0.3 is 15.1 Å². The molecule has 0 fully saturated rings. The van der Waals surface area contributed by atoms with Gasteiger partial charge >= 0.3 is 6.03 Å². The second-order valence-corrected chi connectivity index (χ2v) is 7.58. The normalized spacial score (nSPS) is 11.0. The Morgan fingerprint density at radius 1 is 1.00 bits per heavy atom. The van der Waals surface area contributed by atoms with Crippen LogP contribution < -0.4 is 15.4 Å². The SMILES string of the molecule is O=C(Nc1ccc([N+](=O)[O-])cc1)Nc1cccc(S(=O)(=O)NCc2ccco2)c1. The van der Waals surface area contributed by atoms with Crippen molar-refractivity contribution < 1.29 is 22.6 Å². The van der Waals surface area contributed by atoms with Crippen LogP contribution in [-0.2, 0) is 16.6 Å². The van der Waals surface area contributed by atoms with Gasteiger partial charge in [0.2, 0.25) is 10.0 Å². The van der Waals surface area contributed by atoms with Crippen molar-refractivity contribution in [2.24, 2.45) is 0 Å². The van der Waals surface area contributed by atoms with Crippen LogP contribution in [0, 0.1) is 10.1 Å². The zero-order chi connectivity index (χ0) is 20.9. The lowest BCUT2D eigenvalue weighted by atomic mass is 10.3. The van der Waals surface area contributed by atoms with Crippen LogP contribution in [0.4, 0.5) is 21.9 Å². The van der Waals surface area contributed by atoms with E-state index in [-0.39, 0.29) is 22.8 Å². The number of hydrogen-bond donors (Lipinski definition) is 3. The highest BCUT2D eigenvalue weighted by Gasteiger charge is 2.15. The molecule has 29 heavy (non-hydrogen) atoms. The minimum absolute atomic E-state index is 0.00633. The van der Waals surface area contributed by atoms with Gasteiger partial charge in [-0.2, -0.15) is 0 Å². The van der Waals surface area contributed by atoms with Crippen LogP contribution in [0.3, 0.4) is 0 Å². The molecule has 1 heterocycles. The van der Waals surface area contributed by atoms with Crippen molar-refractivity contribution in [1.29, 1.82) is 0 Å². The number of amides is 2. The summed E-state index contributed by atoms with van der Waals surface area (Å²) in [5.41, 5.74) is 0.498. The molecular weight excluding hydrogens is 400 g/mol. The Balaban J connectivity index is 1.64. The Kier molecular flexibility index (Phi) is 5.90. The maximum atomic E-state index is 12.4. The zero-order valence-corrected chi connectivity index (χ0v) is 15.7. The number of nitro groups is 1. The summed E-state index contributed by atoms with van der Waals surface area (Å²) in [7, 11) is -3.81. The van der Waals surface area contributed by atoms with E-state index >= 15 is 0 Å². The fourth-order valence-electron chi connectivity index (χ4n) is 2.36. The summed E-state index contributed by atoms with van der Waals surface area (Å²) in [6, 6.07) is 13.7. The number of nitro benzene ring substituents is 1. The monoisotopic (exact) mass is 416 g/mol. The number of urea groups is 1. The number of nitrogens with one attached hydrogen (secondary N) is 3. The van der Waals surface area contributed by atoms with E-state index in [2.05, 4.69) is 15.4 Å². The maximum absolute atomic E-state index is 12.4. The van der Waals surface area contributed by atoms with Gasteiger partial charge in [0.1, 0.15) is 5.76 Å². The molecule has 0 atom stereocenters. The topological polar surface area (TPSA) is 144 Å². The number of nitrogens with zero attached hydrogens (tertiary/aromatic N) is 1. The molecule has 3 aromatic rings. The first kappa shape index (κ1) is 20.0. The number of carbonyl (C=O) groups is 1. The second-order valence-electron chi connectivity index (χ2n) is 5.81. The van der Waals surface area contributed by atoms with Crippen LogP contribution in [0.5, 0.6) is 0 Å². The minimum Gasteiger partial charge on any atom is -0.468 e. The van der Waals surface area contributed by atoms with Crippen molar-refractivity contribution in [2.45, 2.75) is 11.4 Å². The van der Waals surface area contributed by atoms with Gasteiger partial charge in [-0.25, -0.2) is 17.9 Å². The van der Waals surface area contributed by atoms with Crippen molar-refractivity contribution in [3.63, 3.8) is 0 Å². The number of non-ortho nitro benzene ring substituents is 1. The van der Waals surface area contributed by atoms with Crippen molar-refractivity contribution in [1.82, 2.24) is 4.72 Å². The number of furan rings is 1. The summed E-state index contributed by atoms with van der Waals surface area (Å²) >= 11 is 0. The molecule has 3 N–H and O–H groups in total. The van der Waals surface area contributed by atoms with E-state index < -0.39 is 21.0 Å². The summed E-state index contributed by atoms with van der Waals surface area (Å²) in [6.45, 7) is -0.00633. The lowest BCUT2D eigenvalue weighted by Crippen LogP contribution is -2.23. The first-order valence-corrected chi connectivity index (χ1v) is 9.76. The van der Waals surface area contributed by atoms with E-state index in [4.69, 9.17) is 4.42 Å². The number of rotatable bonds is 7. The van der Waals surface area contributed by atoms with Crippen LogP contribution in [0.1, 0.15) is 5.76 Å². The van der Waals surface area contributed by atoms with Gasteiger partial charge in [0, 0.05) is 23.5 Å². The molecule has 150 valence electrons. The Bertz CT molecular complexity index is 1110. The fraction of sp³-hybridized carbons (Fsp3) is 0.0556. The molecule has 2 aromatic carbocycles. The highest BCUT2D eigenvalue weighted by atomic mass is 32.2. The molecular formula is C18H16N4O6S. The predicted molar refractivity (Wildman–Crippen MR) is 105 cm³/mol. The van der Waals surface area contributed by atoms with E-state index in [0.29, 0.717) is 11.4 Å². The van der Waals surface area contributed by atoms with E-state index in [9.17, 15) is 23.3 Å². The van der Waals surface area contributed by atoms with Crippen molar-refractivity contribution in [3.05, 3.63) is 82.8 Å². The summed E-state index contributed by atoms with van der Waals surface area (Å²) < 4.78 is 32.3. The van der Waals surface area contributed by atoms with E-state index in [0.717, 1.165) is 0 Å². The molecule has 0 spiro atoms. The first-order chi connectivity index (χ1) is 13.8. The summed E-state index contributed by atoms with van der Waals surface area (Å²) in [6.07, 6.45) is 1.44. The van der Waals surface area contributed by atoms with Gasteiger partial charge in [-0.1, -0.05) is 6.07 Å². The molecule has 0 aliphatic rings. The molecule has 0 saturated heterocycles. The molecule has 0 bridgehead atoms. The van der Waals surface area contributed by atoms with E-state index in [1.165, 1.54) is 54.8 Å². The van der Waals surface area contributed by atoms with Crippen molar-refractivity contribution in [3.8, 4) is 0 Å². The zero-order valence-electron chi connectivity index (χ0n) is 14.9.